The molecule has 2 atom stereocenters. The second-order valence-corrected chi connectivity index (χ2v) is 5.32. The van der Waals surface area contributed by atoms with Crippen molar-refractivity contribution in [2.45, 2.75) is 38.0 Å². The van der Waals surface area contributed by atoms with Crippen molar-refractivity contribution in [1.82, 2.24) is 4.90 Å². The number of halogens is 4. The topological polar surface area (TPSA) is 29.3 Å². The Balaban J connectivity index is 3.19. The second-order valence-electron chi connectivity index (χ2n) is 5.32. The third kappa shape index (κ3) is 3.12. The Morgan fingerprint density at radius 3 is 2.15 bits per heavy atom. The van der Waals surface area contributed by atoms with Gasteiger partial charge in [-0.15, -0.1) is 0 Å². The summed E-state index contributed by atoms with van der Waals surface area (Å²) in [5.74, 6) is -1.29. The first-order valence-electron chi connectivity index (χ1n) is 6.33. The van der Waals surface area contributed by atoms with Gasteiger partial charge in [-0.3, -0.25) is 0 Å². The average Bonchev–Trinajstić information content (AvgIpc) is 2.34. The minimum absolute atomic E-state index is 0.355. The Kier molecular flexibility index (Phi) is 4.82. The number of nitrogens with zero attached hydrogens (tertiary/aromatic N) is 1. The highest BCUT2D eigenvalue weighted by atomic mass is 19.4. The van der Waals surface area contributed by atoms with Gasteiger partial charge in [-0.2, -0.15) is 13.2 Å². The molecular weight excluding hydrogens is 272 g/mol. The molecule has 1 rings (SSSR count). The van der Waals surface area contributed by atoms with Crippen LogP contribution in [0.3, 0.4) is 0 Å². The molecule has 0 aliphatic heterocycles. The van der Waals surface area contributed by atoms with Gasteiger partial charge >= 0.3 is 6.18 Å². The van der Waals surface area contributed by atoms with Crippen LogP contribution in [-0.4, -0.2) is 24.5 Å². The van der Waals surface area contributed by atoms with E-state index in [2.05, 4.69) is 0 Å². The van der Waals surface area contributed by atoms with Crippen LogP contribution in [0.15, 0.2) is 18.2 Å². The summed E-state index contributed by atoms with van der Waals surface area (Å²) in [6, 6.07) is 2.29. The van der Waals surface area contributed by atoms with Crippen molar-refractivity contribution in [3.63, 3.8) is 0 Å². The van der Waals surface area contributed by atoms with Crippen molar-refractivity contribution in [2.24, 2.45) is 5.73 Å². The molecule has 0 aromatic heterocycles. The molecule has 1 aromatic carbocycles. The van der Waals surface area contributed by atoms with Gasteiger partial charge in [0.15, 0.2) is 0 Å². The number of hydrogen-bond acceptors (Lipinski definition) is 2. The fraction of sp³-hybridized carbons (Fsp3) is 0.571. The standard InChI is InChI=1S/C14H20F4N2/c1-5-13(2,20(3)4)12(19)9-6-7-10(11(15)8-9)14(16,17)18/h6-8,12H,5,19H2,1-4H3. The van der Waals surface area contributed by atoms with Crippen molar-refractivity contribution in [3.8, 4) is 0 Å². The van der Waals surface area contributed by atoms with E-state index in [9.17, 15) is 17.6 Å². The van der Waals surface area contributed by atoms with E-state index < -0.39 is 29.1 Å². The van der Waals surface area contributed by atoms with Crippen LogP contribution in [-0.2, 0) is 6.18 Å². The highest BCUT2D eigenvalue weighted by Crippen LogP contribution is 2.35. The largest absolute Gasteiger partial charge is 0.419 e. The zero-order valence-corrected chi connectivity index (χ0v) is 12.1. The first kappa shape index (κ1) is 16.9. The van der Waals surface area contributed by atoms with Crippen LogP contribution < -0.4 is 5.73 Å². The molecule has 20 heavy (non-hydrogen) atoms. The summed E-state index contributed by atoms with van der Waals surface area (Å²) < 4.78 is 51.2. The maximum Gasteiger partial charge on any atom is 0.419 e. The SMILES string of the molecule is CCC(C)(C(N)c1ccc(C(F)(F)F)c(F)c1)N(C)C. The summed E-state index contributed by atoms with van der Waals surface area (Å²) in [5.41, 5.74) is 4.75. The fourth-order valence-corrected chi connectivity index (χ4v) is 2.13. The first-order valence-corrected chi connectivity index (χ1v) is 6.33. The minimum atomic E-state index is -4.69. The van der Waals surface area contributed by atoms with Crippen molar-refractivity contribution in [3.05, 3.63) is 35.1 Å². The molecule has 2 nitrogen and oxygen atoms in total. The van der Waals surface area contributed by atoms with Crippen molar-refractivity contribution >= 4 is 0 Å². The molecule has 0 aliphatic carbocycles. The Morgan fingerprint density at radius 2 is 1.80 bits per heavy atom. The number of nitrogens with two attached hydrogens (primary N) is 1. The molecule has 2 N–H and O–H groups in total. The first-order chi connectivity index (χ1) is 9.04. The van der Waals surface area contributed by atoms with Gasteiger partial charge in [-0.25, -0.2) is 4.39 Å². The van der Waals surface area contributed by atoms with Crippen LogP contribution in [0.5, 0.6) is 0 Å². The van der Waals surface area contributed by atoms with Gasteiger partial charge in [0, 0.05) is 11.6 Å². The molecule has 6 heteroatoms. The van der Waals surface area contributed by atoms with Crippen molar-refractivity contribution in [2.75, 3.05) is 14.1 Å². The molecular formula is C14H20F4N2. The van der Waals surface area contributed by atoms with E-state index in [1.54, 1.807) is 0 Å². The van der Waals surface area contributed by atoms with Gasteiger partial charge in [-0.05, 0) is 45.1 Å². The van der Waals surface area contributed by atoms with Gasteiger partial charge in [0.2, 0.25) is 0 Å². The van der Waals surface area contributed by atoms with Crippen LogP contribution in [0.2, 0.25) is 0 Å². The number of likely N-dealkylation sites (N-methyl/N-ethyl adjacent to an activating group) is 1. The Labute approximate surface area is 116 Å². The van der Waals surface area contributed by atoms with Crippen LogP contribution in [0, 0.1) is 5.82 Å². The highest BCUT2D eigenvalue weighted by Gasteiger charge is 2.37. The molecule has 0 saturated carbocycles. The number of alkyl halides is 3. The summed E-state index contributed by atoms with van der Waals surface area (Å²) in [5, 5.41) is 0. The van der Waals surface area contributed by atoms with Gasteiger partial charge in [0.05, 0.1) is 5.56 Å². The number of hydrogen-bond donors (Lipinski definition) is 1. The van der Waals surface area contributed by atoms with E-state index in [0.717, 1.165) is 12.1 Å². The summed E-state index contributed by atoms with van der Waals surface area (Å²) in [6.45, 7) is 3.83. The fourth-order valence-electron chi connectivity index (χ4n) is 2.13. The third-order valence-corrected chi connectivity index (χ3v) is 4.07. The second kappa shape index (κ2) is 5.69. The third-order valence-electron chi connectivity index (χ3n) is 4.07. The minimum Gasteiger partial charge on any atom is -0.322 e. The molecule has 0 saturated heterocycles. The van der Waals surface area contributed by atoms with E-state index in [0.29, 0.717) is 12.0 Å². The molecule has 0 heterocycles. The number of benzene rings is 1. The predicted molar refractivity (Wildman–Crippen MR) is 70.7 cm³/mol. The van der Waals surface area contributed by atoms with Gasteiger partial charge in [0.1, 0.15) is 5.82 Å². The summed E-state index contributed by atoms with van der Waals surface area (Å²) in [7, 11) is 3.67. The maximum absolute atomic E-state index is 13.6. The lowest BCUT2D eigenvalue weighted by molar-refractivity contribution is -0.140. The molecule has 0 aliphatic rings. The van der Waals surface area contributed by atoms with Gasteiger partial charge in [0.25, 0.3) is 0 Å². The number of rotatable bonds is 4. The molecule has 1 aromatic rings. The van der Waals surface area contributed by atoms with Crippen LogP contribution in [0.4, 0.5) is 17.6 Å². The van der Waals surface area contributed by atoms with E-state index in [4.69, 9.17) is 5.73 Å². The Hall–Kier alpha value is -1.14. The quantitative estimate of drug-likeness (QED) is 0.860. The summed E-state index contributed by atoms with van der Waals surface area (Å²) in [6.07, 6.45) is -4.01. The molecule has 0 spiro atoms. The lowest BCUT2D eigenvalue weighted by Crippen LogP contribution is -2.49. The predicted octanol–water partition coefficient (Wildman–Crippen LogP) is 3.57. The lowest BCUT2D eigenvalue weighted by atomic mass is 9.84. The molecule has 0 bridgehead atoms. The molecule has 2 unspecified atom stereocenters. The Morgan fingerprint density at radius 1 is 1.25 bits per heavy atom. The van der Waals surface area contributed by atoms with E-state index in [-0.39, 0.29) is 0 Å². The normalized spacial score (nSPS) is 17.1. The summed E-state index contributed by atoms with van der Waals surface area (Å²) >= 11 is 0. The zero-order valence-electron chi connectivity index (χ0n) is 12.1. The van der Waals surface area contributed by atoms with Crippen LogP contribution in [0.1, 0.15) is 37.4 Å². The lowest BCUT2D eigenvalue weighted by Gasteiger charge is -2.41. The molecule has 0 fully saturated rings. The smallest absolute Gasteiger partial charge is 0.322 e. The Bertz CT molecular complexity index is 471. The highest BCUT2D eigenvalue weighted by molar-refractivity contribution is 5.30. The molecule has 0 radical (unpaired) electrons. The van der Waals surface area contributed by atoms with Gasteiger partial charge in [-0.1, -0.05) is 13.0 Å². The zero-order chi connectivity index (χ0) is 15.7. The molecule has 0 amide bonds. The maximum atomic E-state index is 13.6. The van der Waals surface area contributed by atoms with Crippen molar-refractivity contribution < 1.29 is 17.6 Å². The monoisotopic (exact) mass is 292 g/mol. The van der Waals surface area contributed by atoms with Crippen LogP contribution in [0.25, 0.3) is 0 Å². The van der Waals surface area contributed by atoms with E-state index in [1.807, 2.05) is 32.8 Å². The van der Waals surface area contributed by atoms with Crippen molar-refractivity contribution in [1.29, 1.82) is 0 Å². The van der Waals surface area contributed by atoms with Crippen LogP contribution >= 0.6 is 0 Å². The molecule has 114 valence electrons. The average molecular weight is 292 g/mol. The van der Waals surface area contributed by atoms with E-state index in [1.165, 1.54) is 6.07 Å². The van der Waals surface area contributed by atoms with Gasteiger partial charge < -0.3 is 10.6 Å². The summed E-state index contributed by atoms with van der Waals surface area (Å²) in [4.78, 5) is 1.90. The van der Waals surface area contributed by atoms with E-state index >= 15 is 0 Å².